The number of hydrogen-bond donors (Lipinski definition) is 0. The van der Waals surface area contributed by atoms with E-state index in [-0.39, 0.29) is 23.5 Å². The predicted octanol–water partition coefficient (Wildman–Crippen LogP) is 3.30. The third-order valence-electron chi connectivity index (χ3n) is 5.29. The van der Waals surface area contributed by atoms with Gasteiger partial charge in [-0.2, -0.15) is 5.10 Å². The zero-order valence-electron chi connectivity index (χ0n) is 16.3. The second-order valence-corrected chi connectivity index (χ2v) is 8.34. The third-order valence-corrected chi connectivity index (χ3v) is 5.29. The average Bonchev–Trinajstić information content (AvgIpc) is 3.24. The lowest BCUT2D eigenvalue weighted by Gasteiger charge is -2.43. The standard InChI is InChI=1S/C21H26N4O2/c1-21(2,3)18-14-24(13-17(27-18)15-8-6-5-7-9-15)20(26)16-12-22-25-11-10-23(4)19(16)25/h5-12,17-18H,13-14H2,1-4H3/t17-,18+/m0/s1. The van der Waals surface area contributed by atoms with Gasteiger partial charge in [-0.1, -0.05) is 51.1 Å². The molecule has 0 unspecified atom stereocenters. The number of rotatable bonds is 2. The molecule has 1 saturated heterocycles. The molecule has 1 amide bonds. The lowest BCUT2D eigenvalue weighted by molar-refractivity contribution is -0.119. The van der Waals surface area contributed by atoms with Crippen LogP contribution in [0.4, 0.5) is 0 Å². The van der Waals surface area contributed by atoms with Crippen LogP contribution in [-0.4, -0.2) is 44.2 Å². The molecule has 1 fully saturated rings. The van der Waals surface area contributed by atoms with Gasteiger partial charge in [0.25, 0.3) is 5.91 Å². The monoisotopic (exact) mass is 366 g/mol. The predicted molar refractivity (Wildman–Crippen MR) is 104 cm³/mol. The molecule has 0 radical (unpaired) electrons. The van der Waals surface area contributed by atoms with Gasteiger partial charge in [0.15, 0.2) is 0 Å². The Morgan fingerprint density at radius 2 is 1.89 bits per heavy atom. The maximum absolute atomic E-state index is 13.4. The first-order valence-corrected chi connectivity index (χ1v) is 9.33. The molecule has 2 aromatic heterocycles. The summed E-state index contributed by atoms with van der Waals surface area (Å²) in [6.07, 6.45) is 5.25. The minimum Gasteiger partial charge on any atom is -0.366 e. The van der Waals surface area contributed by atoms with Crippen molar-refractivity contribution in [3.8, 4) is 0 Å². The molecule has 4 rings (SSSR count). The highest BCUT2D eigenvalue weighted by atomic mass is 16.5. The van der Waals surface area contributed by atoms with E-state index in [9.17, 15) is 4.79 Å². The van der Waals surface area contributed by atoms with E-state index in [1.807, 2.05) is 47.1 Å². The van der Waals surface area contributed by atoms with Crippen LogP contribution in [-0.2, 0) is 11.8 Å². The van der Waals surface area contributed by atoms with Crippen LogP contribution < -0.4 is 0 Å². The van der Waals surface area contributed by atoms with Crippen molar-refractivity contribution in [3.05, 3.63) is 60.0 Å². The van der Waals surface area contributed by atoms with Gasteiger partial charge in [0.05, 0.1) is 18.8 Å². The maximum Gasteiger partial charge on any atom is 0.259 e. The number of fused-ring (bicyclic) bond motifs is 1. The number of ether oxygens (including phenoxy) is 1. The van der Waals surface area contributed by atoms with Crippen LogP contribution in [0.1, 0.15) is 42.8 Å². The van der Waals surface area contributed by atoms with Gasteiger partial charge >= 0.3 is 0 Å². The summed E-state index contributed by atoms with van der Waals surface area (Å²) in [6.45, 7) is 7.58. The molecule has 0 saturated carbocycles. The van der Waals surface area contributed by atoms with Crippen molar-refractivity contribution in [2.45, 2.75) is 33.0 Å². The number of aryl methyl sites for hydroxylation is 1. The van der Waals surface area contributed by atoms with Crippen molar-refractivity contribution in [3.63, 3.8) is 0 Å². The minimum absolute atomic E-state index is 0.00489. The summed E-state index contributed by atoms with van der Waals surface area (Å²) in [6, 6.07) is 10.1. The van der Waals surface area contributed by atoms with Crippen molar-refractivity contribution in [1.82, 2.24) is 19.1 Å². The lowest BCUT2D eigenvalue weighted by Crippen LogP contribution is -2.51. The molecule has 27 heavy (non-hydrogen) atoms. The molecule has 6 heteroatoms. The van der Waals surface area contributed by atoms with Crippen molar-refractivity contribution < 1.29 is 9.53 Å². The summed E-state index contributed by atoms with van der Waals surface area (Å²) in [5, 5.41) is 4.32. The number of carbonyl (C=O) groups excluding carboxylic acids is 1. The van der Waals surface area contributed by atoms with Gasteiger partial charge in [-0.05, 0) is 11.0 Å². The largest absolute Gasteiger partial charge is 0.366 e. The van der Waals surface area contributed by atoms with Crippen molar-refractivity contribution >= 4 is 11.6 Å². The van der Waals surface area contributed by atoms with E-state index >= 15 is 0 Å². The number of hydrogen-bond acceptors (Lipinski definition) is 3. The Morgan fingerprint density at radius 3 is 2.59 bits per heavy atom. The number of amides is 1. The summed E-state index contributed by atoms with van der Waals surface area (Å²) in [5.41, 5.74) is 2.48. The van der Waals surface area contributed by atoms with Crippen LogP contribution >= 0.6 is 0 Å². The number of imidazole rings is 1. The SMILES string of the molecule is Cn1ccn2ncc(C(=O)N3C[C@@H](c4ccccc4)O[C@@H](C(C)(C)C)C3)c12. The molecule has 142 valence electrons. The zero-order chi connectivity index (χ0) is 19.2. The third kappa shape index (κ3) is 3.25. The lowest BCUT2D eigenvalue weighted by atomic mass is 9.87. The summed E-state index contributed by atoms with van der Waals surface area (Å²) >= 11 is 0. The Morgan fingerprint density at radius 1 is 1.15 bits per heavy atom. The smallest absolute Gasteiger partial charge is 0.259 e. The molecule has 3 aromatic rings. The van der Waals surface area contributed by atoms with Gasteiger partial charge in [0, 0.05) is 26.0 Å². The molecule has 0 bridgehead atoms. The second kappa shape index (κ2) is 6.53. The number of aromatic nitrogens is 3. The van der Waals surface area contributed by atoms with Gasteiger partial charge < -0.3 is 14.2 Å². The van der Waals surface area contributed by atoms with Crippen LogP contribution in [0, 0.1) is 5.41 Å². The normalized spacial score (nSPS) is 21.0. The fourth-order valence-electron chi connectivity index (χ4n) is 3.63. The summed E-state index contributed by atoms with van der Waals surface area (Å²) in [7, 11) is 1.93. The minimum atomic E-state index is -0.132. The number of morpholine rings is 1. The molecule has 3 heterocycles. The van der Waals surface area contributed by atoms with Crippen LogP contribution in [0.2, 0.25) is 0 Å². The van der Waals surface area contributed by atoms with Crippen molar-refractivity contribution in [2.24, 2.45) is 12.5 Å². The first-order chi connectivity index (χ1) is 12.8. The van der Waals surface area contributed by atoms with Gasteiger partial charge in [0.1, 0.15) is 17.3 Å². The quantitative estimate of drug-likeness (QED) is 0.699. The molecule has 1 aromatic carbocycles. The average molecular weight is 366 g/mol. The zero-order valence-corrected chi connectivity index (χ0v) is 16.3. The van der Waals surface area contributed by atoms with Crippen LogP contribution in [0.3, 0.4) is 0 Å². The molecule has 1 aliphatic heterocycles. The second-order valence-electron chi connectivity index (χ2n) is 8.34. The highest BCUT2D eigenvalue weighted by Gasteiger charge is 2.38. The summed E-state index contributed by atoms with van der Waals surface area (Å²) < 4.78 is 10.1. The van der Waals surface area contributed by atoms with Gasteiger partial charge in [-0.25, -0.2) is 4.52 Å². The summed E-state index contributed by atoms with van der Waals surface area (Å²) in [5.74, 6) is 0.00489. The molecule has 6 nitrogen and oxygen atoms in total. The van der Waals surface area contributed by atoms with E-state index in [4.69, 9.17) is 4.74 Å². The Labute approximate surface area is 159 Å². The van der Waals surface area contributed by atoms with Crippen LogP contribution in [0.25, 0.3) is 5.65 Å². The number of benzene rings is 1. The highest BCUT2D eigenvalue weighted by molar-refractivity contribution is 5.99. The fraction of sp³-hybridized carbons (Fsp3) is 0.429. The topological polar surface area (TPSA) is 51.8 Å². The summed E-state index contributed by atoms with van der Waals surface area (Å²) in [4.78, 5) is 15.3. The first-order valence-electron chi connectivity index (χ1n) is 9.33. The Balaban J connectivity index is 1.68. The molecule has 0 spiro atoms. The maximum atomic E-state index is 13.4. The van der Waals surface area contributed by atoms with Gasteiger partial charge in [0.2, 0.25) is 0 Å². The molecular weight excluding hydrogens is 340 g/mol. The van der Waals surface area contributed by atoms with Crippen molar-refractivity contribution in [2.75, 3.05) is 13.1 Å². The highest BCUT2D eigenvalue weighted by Crippen LogP contribution is 2.34. The van der Waals surface area contributed by atoms with Crippen molar-refractivity contribution in [1.29, 1.82) is 0 Å². The Bertz CT molecular complexity index is 952. The van der Waals surface area contributed by atoms with E-state index in [0.717, 1.165) is 11.2 Å². The first kappa shape index (κ1) is 17.8. The molecule has 2 atom stereocenters. The molecule has 0 N–H and O–H groups in total. The Hall–Kier alpha value is -2.60. The van der Waals surface area contributed by atoms with Gasteiger partial charge in [-0.3, -0.25) is 4.79 Å². The number of carbonyl (C=O) groups is 1. The molecule has 0 aliphatic carbocycles. The van der Waals surface area contributed by atoms with Gasteiger partial charge in [-0.15, -0.1) is 0 Å². The van der Waals surface area contributed by atoms with E-state index in [2.05, 4.69) is 38.0 Å². The van der Waals surface area contributed by atoms with Crippen LogP contribution in [0.5, 0.6) is 0 Å². The molecule has 1 aliphatic rings. The fourth-order valence-corrected chi connectivity index (χ4v) is 3.63. The Kier molecular flexibility index (Phi) is 4.30. The molecular formula is C21H26N4O2. The number of nitrogens with zero attached hydrogens (tertiary/aromatic N) is 4. The van der Waals surface area contributed by atoms with E-state index in [1.54, 1.807) is 10.7 Å². The van der Waals surface area contributed by atoms with E-state index < -0.39 is 0 Å². The van der Waals surface area contributed by atoms with Crippen LogP contribution in [0.15, 0.2) is 48.9 Å². The van der Waals surface area contributed by atoms with E-state index in [0.29, 0.717) is 18.7 Å². The van der Waals surface area contributed by atoms with E-state index in [1.165, 1.54) is 0 Å².